The Morgan fingerprint density at radius 2 is 0.719 bits per heavy atom. The van der Waals surface area contributed by atoms with Crippen LogP contribution in [0.2, 0.25) is 0 Å². The van der Waals surface area contributed by atoms with Crippen LogP contribution in [-0.4, -0.2) is 37.2 Å². The Balaban J connectivity index is 4.47. The van der Waals surface area contributed by atoms with Crippen molar-refractivity contribution in [2.24, 2.45) is 0 Å². The van der Waals surface area contributed by atoms with Gasteiger partial charge in [-0.05, 0) is 83.5 Å². The second-order valence-corrected chi connectivity index (χ2v) is 14.3. The van der Waals surface area contributed by atoms with Crippen LogP contribution in [0, 0.1) is 0 Å². The SMILES string of the molecule is CC\C=C/C=C\C=C/C=C\CCCCCCCC(=O)OCC(COC(=O)CCCC/C=C\C/C=C\CC)OC(=O)CCCCCCCCC\C=C/C=C\C=C/CC. The third kappa shape index (κ3) is 43.0. The summed E-state index contributed by atoms with van der Waals surface area (Å²) in [6.07, 6.45) is 59.3. The first-order valence-corrected chi connectivity index (χ1v) is 22.5. The van der Waals surface area contributed by atoms with Crippen molar-refractivity contribution in [3.63, 3.8) is 0 Å². The molecule has 0 heterocycles. The quantitative estimate of drug-likeness (QED) is 0.0204. The Hall–Kier alpha value is -3.93. The normalized spacial score (nSPS) is 13.1. The summed E-state index contributed by atoms with van der Waals surface area (Å²) >= 11 is 0. The Labute approximate surface area is 349 Å². The number of unbranched alkanes of at least 4 members (excludes halogenated alkanes) is 14. The topological polar surface area (TPSA) is 78.9 Å². The maximum absolute atomic E-state index is 12.7. The molecular weight excluding hydrogens is 709 g/mol. The van der Waals surface area contributed by atoms with Crippen molar-refractivity contribution in [1.82, 2.24) is 0 Å². The highest BCUT2D eigenvalue weighted by molar-refractivity contribution is 5.71. The summed E-state index contributed by atoms with van der Waals surface area (Å²) in [5.41, 5.74) is 0. The average Bonchev–Trinajstić information content (AvgIpc) is 3.21. The molecule has 0 amide bonds. The molecule has 57 heavy (non-hydrogen) atoms. The van der Waals surface area contributed by atoms with Gasteiger partial charge in [0.25, 0.3) is 0 Å². The van der Waals surface area contributed by atoms with Crippen LogP contribution in [0.3, 0.4) is 0 Å². The molecule has 0 rings (SSSR count). The van der Waals surface area contributed by atoms with Crippen LogP contribution < -0.4 is 0 Å². The predicted octanol–water partition coefficient (Wildman–Crippen LogP) is 14.4. The van der Waals surface area contributed by atoms with Crippen LogP contribution in [0.5, 0.6) is 0 Å². The highest BCUT2D eigenvalue weighted by Crippen LogP contribution is 2.13. The second kappa shape index (κ2) is 44.8. The van der Waals surface area contributed by atoms with Gasteiger partial charge in [0.15, 0.2) is 6.10 Å². The molecule has 0 aliphatic heterocycles. The number of hydrogen-bond acceptors (Lipinski definition) is 6. The zero-order valence-corrected chi connectivity index (χ0v) is 36.3. The first-order valence-electron chi connectivity index (χ1n) is 22.5. The fourth-order valence-electron chi connectivity index (χ4n) is 5.61. The van der Waals surface area contributed by atoms with Crippen molar-refractivity contribution in [1.29, 1.82) is 0 Å². The van der Waals surface area contributed by atoms with Gasteiger partial charge in [0.05, 0.1) is 0 Å². The average molecular weight is 789 g/mol. The molecular formula is C51H80O6. The summed E-state index contributed by atoms with van der Waals surface area (Å²) in [5, 5.41) is 0. The summed E-state index contributed by atoms with van der Waals surface area (Å²) in [6.45, 7) is 6.15. The predicted molar refractivity (Wildman–Crippen MR) is 242 cm³/mol. The lowest BCUT2D eigenvalue weighted by Crippen LogP contribution is -2.30. The number of hydrogen-bond donors (Lipinski definition) is 0. The lowest BCUT2D eigenvalue weighted by Gasteiger charge is -2.18. The fourth-order valence-corrected chi connectivity index (χ4v) is 5.61. The Morgan fingerprint density at radius 1 is 0.368 bits per heavy atom. The standard InChI is InChI=1S/C51H80O6/c1-4-7-10-13-16-19-21-23-25-27-29-32-35-38-41-44-50(53)56-47-48(46-55-49(52)43-40-37-34-31-18-15-12-9-6-3)57-51(54)45-42-39-36-33-30-28-26-24-22-20-17-14-11-8-5-2/h7-14,16-23,25,31,48H,4-6,15,24,26-30,32-47H2,1-3H3/b10-7-,11-8-,12-9-,16-13-,17-14-,21-19-,22-20-,25-23-,31-18-. The van der Waals surface area contributed by atoms with Crippen molar-refractivity contribution in [2.75, 3.05) is 13.2 Å². The maximum atomic E-state index is 12.7. The lowest BCUT2D eigenvalue weighted by atomic mass is 10.1. The van der Waals surface area contributed by atoms with Crippen molar-refractivity contribution < 1.29 is 28.6 Å². The first-order chi connectivity index (χ1) is 28.0. The van der Waals surface area contributed by atoms with Gasteiger partial charge in [-0.15, -0.1) is 0 Å². The van der Waals surface area contributed by atoms with Gasteiger partial charge < -0.3 is 14.2 Å². The van der Waals surface area contributed by atoms with E-state index in [0.717, 1.165) is 116 Å². The number of rotatable bonds is 38. The number of ether oxygens (including phenoxy) is 3. The molecule has 1 unspecified atom stereocenters. The summed E-state index contributed by atoms with van der Waals surface area (Å²) < 4.78 is 16.6. The van der Waals surface area contributed by atoms with Crippen LogP contribution >= 0.6 is 0 Å². The molecule has 0 saturated carbocycles. The van der Waals surface area contributed by atoms with Crippen LogP contribution in [0.25, 0.3) is 0 Å². The van der Waals surface area contributed by atoms with Gasteiger partial charge in [-0.2, -0.15) is 0 Å². The van der Waals surface area contributed by atoms with E-state index in [2.05, 4.69) is 106 Å². The van der Waals surface area contributed by atoms with Gasteiger partial charge in [0, 0.05) is 19.3 Å². The molecule has 0 N–H and O–H groups in total. The largest absolute Gasteiger partial charge is 0.462 e. The van der Waals surface area contributed by atoms with Crippen molar-refractivity contribution in [2.45, 2.75) is 181 Å². The molecule has 0 saturated heterocycles. The molecule has 0 bridgehead atoms. The minimum Gasteiger partial charge on any atom is -0.462 e. The smallest absolute Gasteiger partial charge is 0.306 e. The maximum Gasteiger partial charge on any atom is 0.306 e. The van der Waals surface area contributed by atoms with E-state index in [0.29, 0.717) is 19.3 Å². The minimum atomic E-state index is -0.807. The van der Waals surface area contributed by atoms with Crippen LogP contribution in [0.4, 0.5) is 0 Å². The van der Waals surface area contributed by atoms with Gasteiger partial charge in [0.2, 0.25) is 0 Å². The van der Waals surface area contributed by atoms with E-state index < -0.39 is 6.10 Å². The minimum absolute atomic E-state index is 0.109. The molecule has 1 atom stereocenters. The molecule has 0 aromatic carbocycles. The van der Waals surface area contributed by atoms with E-state index in [1.54, 1.807) is 0 Å². The molecule has 0 aliphatic rings. The molecule has 0 aromatic heterocycles. The number of carbonyl (C=O) groups is 3. The zero-order chi connectivity index (χ0) is 41.5. The number of allylic oxidation sites excluding steroid dienone is 18. The van der Waals surface area contributed by atoms with Crippen molar-refractivity contribution in [3.8, 4) is 0 Å². The Kier molecular flexibility index (Phi) is 41.7. The molecule has 6 nitrogen and oxygen atoms in total. The Bertz CT molecular complexity index is 1230. The van der Waals surface area contributed by atoms with Gasteiger partial charge in [-0.1, -0.05) is 182 Å². The third-order valence-electron chi connectivity index (χ3n) is 8.91. The molecule has 0 aromatic rings. The van der Waals surface area contributed by atoms with Gasteiger partial charge in [0.1, 0.15) is 13.2 Å². The lowest BCUT2D eigenvalue weighted by molar-refractivity contribution is -0.167. The van der Waals surface area contributed by atoms with Crippen molar-refractivity contribution in [3.05, 3.63) is 109 Å². The summed E-state index contributed by atoms with van der Waals surface area (Å²) in [7, 11) is 0. The highest BCUT2D eigenvalue weighted by Gasteiger charge is 2.19. The highest BCUT2D eigenvalue weighted by atomic mass is 16.6. The first kappa shape index (κ1) is 53.1. The van der Waals surface area contributed by atoms with Crippen LogP contribution in [0.15, 0.2) is 109 Å². The molecule has 0 fully saturated rings. The van der Waals surface area contributed by atoms with E-state index in [1.807, 2.05) is 24.3 Å². The van der Waals surface area contributed by atoms with Crippen LogP contribution in [0.1, 0.15) is 175 Å². The molecule has 6 heteroatoms. The summed E-state index contributed by atoms with van der Waals surface area (Å²) in [5.74, 6) is -0.993. The van der Waals surface area contributed by atoms with E-state index in [-0.39, 0.29) is 31.1 Å². The molecule has 0 aliphatic carbocycles. The van der Waals surface area contributed by atoms with Gasteiger partial charge in [-0.3, -0.25) is 14.4 Å². The van der Waals surface area contributed by atoms with E-state index in [1.165, 1.54) is 19.3 Å². The number of esters is 3. The van der Waals surface area contributed by atoms with E-state index in [9.17, 15) is 14.4 Å². The second-order valence-electron chi connectivity index (χ2n) is 14.3. The van der Waals surface area contributed by atoms with Gasteiger partial charge >= 0.3 is 17.9 Å². The Morgan fingerprint density at radius 3 is 1.21 bits per heavy atom. The summed E-state index contributed by atoms with van der Waals surface area (Å²) in [6, 6.07) is 0. The molecule has 0 radical (unpaired) electrons. The molecule has 0 spiro atoms. The van der Waals surface area contributed by atoms with E-state index in [4.69, 9.17) is 14.2 Å². The zero-order valence-electron chi connectivity index (χ0n) is 36.3. The summed E-state index contributed by atoms with van der Waals surface area (Å²) in [4.78, 5) is 37.7. The van der Waals surface area contributed by atoms with E-state index >= 15 is 0 Å². The van der Waals surface area contributed by atoms with Crippen LogP contribution in [-0.2, 0) is 28.6 Å². The third-order valence-corrected chi connectivity index (χ3v) is 8.91. The number of carbonyl (C=O) groups excluding carboxylic acids is 3. The molecule has 320 valence electrons. The van der Waals surface area contributed by atoms with Gasteiger partial charge in [-0.25, -0.2) is 0 Å². The monoisotopic (exact) mass is 789 g/mol. The fraction of sp³-hybridized carbons (Fsp3) is 0.588. The van der Waals surface area contributed by atoms with Crippen molar-refractivity contribution >= 4 is 17.9 Å².